The molecule has 2 aromatic rings. The monoisotopic (exact) mass is 298 g/mol. The molecule has 1 unspecified atom stereocenters. The highest BCUT2D eigenvalue weighted by Gasteiger charge is 2.28. The van der Waals surface area contributed by atoms with Gasteiger partial charge in [0.2, 0.25) is 0 Å². The lowest BCUT2D eigenvalue weighted by molar-refractivity contribution is 0.428. The Morgan fingerprint density at radius 2 is 1.95 bits per heavy atom. The fourth-order valence-electron chi connectivity index (χ4n) is 1.83. The third-order valence-electron chi connectivity index (χ3n) is 2.93. The molecule has 0 bridgehead atoms. The van der Waals surface area contributed by atoms with E-state index in [4.69, 9.17) is 0 Å². The molecule has 0 aliphatic carbocycles. The van der Waals surface area contributed by atoms with Gasteiger partial charge in [0.15, 0.2) is 5.03 Å². The Kier molecular flexibility index (Phi) is 3.91. The molecule has 1 atom stereocenters. The Morgan fingerprint density at radius 1 is 1.25 bits per heavy atom. The molecule has 2 heterocycles. The van der Waals surface area contributed by atoms with Crippen LogP contribution in [0.3, 0.4) is 0 Å². The van der Waals surface area contributed by atoms with Crippen LogP contribution in [-0.2, 0) is 24.1 Å². The first-order chi connectivity index (χ1) is 9.31. The lowest BCUT2D eigenvalue weighted by atomic mass is 10.1. The van der Waals surface area contributed by atoms with E-state index in [9.17, 15) is 8.42 Å². The lowest BCUT2D eigenvalue weighted by Crippen LogP contribution is -2.33. The molecule has 0 amide bonds. The number of hydrogen-bond donors (Lipinski definition) is 1. The van der Waals surface area contributed by atoms with Gasteiger partial charge in [0.25, 0.3) is 10.0 Å². The summed E-state index contributed by atoms with van der Waals surface area (Å²) in [5.41, 5.74) is 0. The van der Waals surface area contributed by atoms with Crippen molar-refractivity contribution in [1.29, 1.82) is 0 Å². The average Bonchev–Trinajstić information content (AvgIpc) is 2.95. The highest BCUT2D eigenvalue weighted by Crippen LogP contribution is 2.21. The SMILES string of the molecule is CC(C)C(NS(=O)(=O)c1cn(C)cn1)c1ncnn1C. The Bertz CT molecular complexity index is 687. The summed E-state index contributed by atoms with van der Waals surface area (Å²) in [7, 11) is -0.244. The van der Waals surface area contributed by atoms with Crippen molar-refractivity contribution >= 4 is 10.0 Å². The molecule has 0 aromatic carbocycles. The number of aromatic nitrogens is 5. The molecule has 0 saturated heterocycles. The molecule has 0 saturated carbocycles. The van der Waals surface area contributed by atoms with Crippen LogP contribution in [0.2, 0.25) is 0 Å². The van der Waals surface area contributed by atoms with Crippen LogP contribution >= 0.6 is 0 Å². The van der Waals surface area contributed by atoms with E-state index in [1.165, 1.54) is 18.9 Å². The second kappa shape index (κ2) is 5.33. The normalized spacial score (nSPS) is 13.8. The van der Waals surface area contributed by atoms with E-state index in [1.54, 1.807) is 23.3 Å². The van der Waals surface area contributed by atoms with Crippen molar-refractivity contribution in [2.75, 3.05) is 0 Å². The number of nitrogens with zero attached hydrogens (tertiary/aromatic N) is 5. The minimum atomic E-state index is -3.69. The van der Waals surface area contributed by atoms with Crippen molar-refractivity contribution in [3.63, 3.8) is 0 Å². The molecule has 9 heteroatoms. The Hall–Kier alpha value is -1.74. The Labute approximate surface area is 117 Å². The maximum Gasteiger partial charge on any atom is 0.260 e. The summed E-state index contributed by atoms with van der Waals surface area (Å²) in [6, 6.07) is -0.463. The van der Waals surface area contributed by atoms with Crippen molar-refractivity contribution in [2.45, 2.75) is 24.9 Å². The third-order valence-corrected chi connectivity index (χ3v) is 4.26. The van der Waals surface area contributed by atoms with Crippen LogP contribution < -0.4 is 4.72 Å². The highest BCUT2D eigenvalue weighted by molar-refractivity contribution is 7.89. The summed E-state index contributed by atoms with van der Waals surface area (Å²) < 4.78 is 30.4. The summed E-state index contributed by atoms with van der Waals surface area (Å²) in [6.45, 7) is 3.83. The van der Waals surface area contributed by atoms with Gasteiger partial charge < -0.3 is 4.57 Å². The molecule has 0 fully saturated rings. The maximum atomic E-state index is 12.3. The van der Waals surface area contributed by atoms with Crippen LogP contribution in [-0.4, -0.2) is 32.7 Å². The van der Waals surface area contributed by atoms with Crippen molar-refractivity contribution in [1.82, 2.24) is 29.0 Å². The summed E-state index contributed by atoms with van der Waals surface area (Å²) in [4.78, 5) is 7.99. The molecule has 2 aromatic heterocycles. The molecule has 2 rings (SSSR count). The Morgan fingerprint density at radius 3 is 2.40 bits per heavy atom. The van der Waals surface area contributed by atoms with Crippen molar-refractivity contribution in [3.8, 4) is 0 Å². The molecular formula is C11H18N6O2S. The van der Waals surface area contributed by atoms with E-state index >= 15 is 0 Å². The van der Waals surface area contributed by atoms with Gasteiger partial charge in [-0.1, -0.05) is 13.8 Å². The van der Waals surface area contributed by atoms with Gasteiger partial charge in [-0.05, 0) is 5.92 Å². The maximum absolute atomic E-state index is 12.3. The molecule has 0 radical (unpaired) electrons. The first kappa shape index (κ1) is 14.7. The molecule has 8 nitrogen and oxygen atoms in total. The highest BCUT2D eigenvalue weighted by atomic mass is 32.2. The number of sulfonamides is 1. The summed E-state index contributed by atoms with van der Waals surface area (Å²) in [5.74, 6) is 0.593. The summed E-state index contributed by atoms with van der Waals surface area (Å²) >= 11 is 0. The van der Waals surface area contributed by atoms with Crippen molar-refractivity contribution in [3.05, 3.63) is 24.7 Å². The molecule has 1 N–H and O–H groups in total. The molecule has 20 heavy (non-hydrogen) atoms. The van der Waals surface area contributed by atoms with E-state index in [0.717, 1.165) is 0 Å². The standard InChI is InChI=1S/C11H18N6O2S/c1-8(2)10(11-12-6-14-17(11)4)15-20(18,19)9-5-16(3)7-13-9/h5-8,10,15H,1-4H3. The minimum Gasteiger partial charge on any atom is -0.339 e. The zero-order valence-electron chi connectivity index (χ0n) is 11.8. The van der Waals surface area contributed by atoms with Gasteiger partial charge in [-0.3, -0.25) is 4.68 Å². The summed E-state index contributed by atoms with van der Waals surface area (Å²) in [5, 5.41) is 3.97. The topological polar surface area (TPSA) is 94.7 Å². The van der Waals surface area contributed by atoms with E-state index in [1.807, 2.05) is 13.8 Å². The minimum absolute atomic E-state index is 0.00665. The zero-order valence-corrected chi connectivity index (χ0v) is 12.7. The smallest absolute Gasteiger partial charge is 0.260 e. The molecular weight excluding hydrogens is 280 g/mol. The van der Waals surface area contributed by atoms with Gasteiger partial charge >= 0.3 is 0 Å². The van der Waals surface area contributed by atoms with E-state index in [2.05, 4.69) is 19.8 Å². The fourth-order valence-corrected chi connectivity index (χ4v) is 3.15. The molecule has 110 valence electrons. The first-order valence-electron chi connectivity index (χ1n) is 6.15. The second-order valence-electron chi connectivity index (χ2n) is 4.96. The van der Waals surface area contributed by atoms with Crippen LogP contribution in [0.5, 0.6) is 0 Å². The quantitative estimate of drug-likeness (QED) is 0.852. The van der Waals surface area contributed by atoms with Gasteiger partial charge in [0, 0.05) is 20.3 Å². The van der Waals surface area contributed by atoms with Crippen molar-refractivity contribution < 1.29 is 8.42 Å². The average molecular weight is 298 g/mol. The third kappa shape index (κ3) is 2.88. The Balaban J connectivity index is 2.32. The lowest BCUT2D eigenvalue weighted by Gasteiger charge is -2.20. The summed E-state index contributed by atoms with van der Waals surface area (Å²) in [6.07, 6.45) is 4.30. The van der Waals surface area contributed by atoms with E-state index in [-0.39, 0.29) is 10.9 Å². The predicted molar refractivity (Wildman–Crippen MR) is 72.1 cm³/mol. The van der Waals surface area contributed by atoms with Crippen LogP contribution in [0.4, 0.5) is 0 Å². The van der Waals surface area contributed by atoms with Crippen LogP contribution in [0.25, 0.3) is 0 Å². The van der Waals surface area contributed by atoms with Crippen LogP contribution in [0.1, 0.15) is 25.7 Å². The van der Waals surface area contributed by atoms with Crippen LogP contribution in [0.15, 0.2) is 23.9 Å². The largest absolute Gasteiger partial charge is 0.339 e. The van der Waals surface area contributed by atoms with Gasteiger partial charge in [-0.15, -0.1) is 0 Å². The van der Waals surface area contributed by atoms with Crippen LogP contribution in [0, 0.1) is 5.92 Å². The van der Waals surface area contributed by atoms with Gasteiger partial charge in [0.05, 0.1) is 12.4 Å². The zero-order chi connectivity index (χ0) is 14.9. The molecule has 0 aliphatic rings. The molecule has 0 aliphatic heterocycles. The van der Waals surface area contributed by atoms with E-state index < -0.39 is 16.1 Å². The van der Waals surface area contributed by atoms with Gasteiger partial charge in [-0.25, -0.2) is 18.4 Å². The number of aryl methyl sites for hydroxylation is 2. The van der Waals surface area contributed by atoms with E-state index in [0.29, 0.717) is 5.82 Å². The number of imidazole rings is 1. The second-order valence-corrected chi connectivity index (χ2v) is 6.62. The predicted octanol–water partition coefficient (Wildman–Crippen LogP) is 0.224. The van der Waals surface area contributed by atoms with Gasteiger partial charge in [0.1, 0.15) is 12.2 Å². The fraction of sp³-hybridized carbons (Fsp3) is 0.545. The first-order valence-corrected chi connectivity index (χ1v) is 7.64. The number of rotatable bonds is 5. The van der Waals surface area contributed by atoms with Gasteiger partial charge in [-0.2, -0.15) is 9.82 Å². The molecule has 0 spiro atoms. The number of hydrogen-bond acceptors (Lipinski definition) is 5. The number of nitrogens with one attached hydrogen (secondary N) is 1. The van der Waals surface area contributed by atoms with Crippen molar-refractivity contribution in [2.24, 2.45) is 20.0 Å².